The normalized spacial score (nSPS) is 16.7. The summed E-state index contributed by atoms with van der Waals surface area (Å²) in [7, 11) is 1.61. The van der Waals surface area contributed by atoms with E-state index < -0.39 is 0 Å². The summed E-state index contributed by atoms with van der Waals surface area (Å²) < 4.78 is 16.1. The number of benzene rings is 1. The predicted molar refractivity (Wildman–Crippen MR) is 102 cm³/mol. The van der Waals surface area contributed by atoms with Gasteiger partial charge in [-0.3, -0.25) is 4.79 Å². The van der Waals surface area contributed by atoms with E-state index in [1.54, 1.807) is 18.1 Å². The van der Waals surface area contributed by atoms with Crippen LogP contribution >= 0.6 is 0 Å². The Labute approximate surface area is 163 Å². The number of carbonyl (C=O) groups is 1. The molecule has 146 valence electrons. The SMILES string of the molecule is COc1cccc(-c2cc(C(=O)N3CCC[C@@H]3c3cc(C(C)C)no3)on2)c1. The van der Waals surface area contributed by atoms with Crippen LogP contribution in [0, 0.1) is 0 Å². The van der Waals surface area contributed by atoms with E-state index in [1.165, 1.54) is 0 Å². The molecule has 1 aromatic carbocycles. The molecule has 1 aliphatic heterocycles. The molecule has 4 rings (SSSR count). The van der Waals surface area contributed by atoms with Gasteiger partial charge in [-0.25, -0.2) is 0 Å². The molecule has 1 amide bonds. The molecule has 0 radical (unpaired) electrons. The van der Waals surface area contributed by atoms with Gasteiger partial charge in [0.25, 0.3) is 5.91 Å². The highest BCUT2D eigenvalue weighted by Gasteiger charge is 2.35. The molecule has 3 heterocycles. The average Bonchev–Trinajstić information content (AvgIpc) is 3.47. The lowest BCUT2D eigenvalue weighted by atomic mass is 10.1. The lowest BCUT2D eigenvalue weighted by molar-refractivity contribution is 0.0672. The van der Waals surface area contributed by atoms with Crippen molar-refractivity contribution in [2.45, 2.75) is 38.6 Å². The summed E-state index contributed by atoms with van der Waals surface area (Å²) in [5.74, 6) is 1.75. The molecule has 1 atom stereocenters. The van der Waals surface area contributed by atoms with Gasteiger partial charge in [0, 0.05) is 24.2 Å². The molecule has 3 aromatic rings. The summed E-state index contributed by atoms with van der Waals surface area (Å²) in [5.41, 5.74) is 2.32. The Balaban J connectivity index is 1.56. The van der Waals surface area contributed by atoms with Gasteiger partial charge in [-0.05, 0) is 30.9 Å². The molecule has 1 fully saturated rings. The van der Waals surface area contributed by atoms with Gasteiger partial charge in [0.15, 0.2) is 5.76 Å². The van der Waals surface area contributed by atoms with E-state index in [0.717, 1.165) is 35.6 Å². The van der Waals surface area contributed by atoms with Gasteiger partial charge in [0.1, 0.15) is 11.4 Å². The molecule has 1 saturated heterocycles. The van der Waals surface area contributed by atoms with Crippen molar-refractivity contribution in [1.29, 1.82) is 0 Å². The molecule has 2 aromatic heterocycles. The van der Waals surface area contributed by atoms with Crippen molar-refractivity contribution in [3.63, 3.8) is 0 Å². The molecule has 0 saturated carbocycles. The minimum absolute atomic E-state index is 0.127. The van der Waals surface area contributed by atoms with E-state index in [4.69, 9.17) is 13.8 Å². The van der Waals surface area contributed by atoms with Gasteiger partial charge >= 0.3 is 0 Å². The fourth-order valence-corrected chi connectivity index (χ4v) is 3.47. The van der Waals surface area contributed by atoms with Crippen LogP contribution in [0.2, 0.25) is 0 Å². The topological polar surface area (TPSA) is 81.6 Å². The molecule has 0 unspecified atom stereocenters. The first-order chi connectivity index (χ1) is 13.6. The second-order valence-corrected chi connectivity index (χ2v) is 7.27. The first-order valence-electron chi connectivity index (χ1n) is 9.45. The van der Waals surface area contributed by atoms with Crippen LogP contribution in [0.25, 0.3) is 11.3 Å². The molecule has 28 heavy (non-hydrogen) atoms. The third kappa shape index (κ3) is 3.40. The van der Waals surface area contributed by atoms with Gasteiger partial charge in [-0.1, -0.05) is 36.3 Å². The minimum Gasteiger partial charge on any atom is -0.497 e. The fourth-order valence-electron chi connectivity index (χ4n) is 3.47. The maximum Gasteiger partial charge on any atom is 0.293 e. The van der Waals surface area contributed by atoms with E-state index >= 15 is 0 Å². The van der Waals surface area contributed by atoms with E-state index in [2.05, 4.69) is 24.2 Å². The number of methoxy groups -OCH3 is 1. The largest absolute Gasteiger partial charge is 0.497 e. The van der Waals surface area contributed by atoms with E-state index in [1.807, 2.05) is 30.3 Å². The summed E-state index contributed by atoms with van der Waals surface area (Å²) in [6, 6.07) is 11.0. The standard InChI is InChI=1S/C21H23N3O4/c1-13(2)16-11-19(27-22-16)18-8-5-9-24(18)21(25)20-12-17(23-28-20)14-6-4-7-15(10-14)26-3/h4,6-7,10-13,18H,5,8-9H2,1-3H3/t18-/m1/s1. The van der Waals surface area contributed by atoms with Crippen molar-refractivity contribution in [2.24, 2.45) is 0 Å². The number of hydrogen-bond acceptors (Lipinski definition) is 6. The maximum atomic E-state index is 13.0. The quantitative estimate of drug-likeness (QED) is 0.650. The lowest BCUT2D eigenvalue weighted by Crippen LogP contribution is -2.30. The second kappa shape index (κ2) is 7.50. The molecular formula is C21H23N3O4. The Morgan fingerprint density at radius 1 is 1.21 bits per heavy atom. The third-order valence-corrected chi connectivity index (χ3v) is 5.07. The molecular weight excluding hydrogens is 358 g/mol. The Hall–Kier alpha value is -3.09. The van der Waals surface area contributed by atoms with Crippen LogP contribution in [-0.4, -0.2) is 34.8 Å². The van der Waals surface area contributed by atoms with Crippen LogP contribution in [0.5, 0.6) is 5.75 Å². The number of carbonyl (C=O) groups excluding carboxylic acids is 1. The van der Waals surface area contributed by atoms with Gasteiger partial charge in [0.05, 0.1) is 18.8 Å². The number of amides is 1. The van der Waals surface area contributed by atoms with E-state index in [9.17, 15) is 4.79 Å². The third-order valence-electron chi connectivity index (χ3n) is 5.07. The lowest BCUT2D eigenvalue weighted by Gasteiger charge is -2.21. The van der Waals surface area contributed by atoms with Gasteiger partial charge in [0.2, 0.25) is 5.76 Å². The van der Waals surface area contributed by atoms with Gasteiger partial charge in [-0.15, -0.1) is 0 Å². The summed E-state index contributed by atoms with van der Waals surface area (Å²) in [6.07, 6.45) is 1.75. The van der Waals surface area contributed by atoms with Crippen LogP contribution in [-0.2, 0) is 0 Å². The van der Waals surface area contributed by atoms with Crippen LogP contribution in [0.3, 0.4) is 0 Å². The zero-order chi connectivity index (χ0) is 19.7. The Morgan fingerprint density at radius 2 is 2.07 bits per heavy atom. The van der Waals surface area contributed by atoms with E-state index in [-0.39, 0.29) is 23.6 Å². The Kier molecular flexibility index (Phi) is 4.90. The number of hydrogen-bond donors (Lipinski definition) is 0. The molecule has 0 bridgehead atoms. The van der Waals surface area contributed by atoms with Crippen molar-refractivity contribution in [2.75, 3.05) is 13.7 Å². The summed E-state index contributed by atoms with van der Waals surface area (Å²) in [4.78, 5) is 14.8. The summed E-state index contributed by atoms with van der Waals surface area (Å²) in [6.45, 7) is 4.78. The second-order valence-electron chi connectivity index (χ2n) is 7.27. The Morgan fingerprint density at radius 3 is 2.82 bits per heavy atom. The monoisotopic (exact) mass is 381 g/mol. The molecule has 0 N–H and O–H groups in total. The number of rotatable bonds is 5. The molecule has 0 spiro atoms. The van der Waals surface area contributed by atoms with Gasteiger partial charge < -0.3 is 18.7 Å². The van der Waals surface area contributed by atoms with Crippen molar-refractivity contribution in [3.8, 4) is 17.0 Å². The first kappa shape index (κ1) is 18.3. The van der Waals surface area contributed by atoms with Crippen molar-refractivity contribution in [3.05, 3.63) is 53.6 Å². The van der Waals surface area contributed by atoms with Crippen molar-refractivity contribution >= 4 is 5.91 Å². The summed E-state index contributed by atoms with van der Waals surface area (Å²) in [5, 5.41) is 8.19. The minimum atomic E-state index is -0.188. The van der Waals surface area contributed by atoms with E-state index in [0.29, 0.717) is 12.2 Å². The zero-order valence-electron chi connectivity index (χ0n) is 16.2. The Bertz CT molecular complexity index is 975. The van der Waals surface area contributed by atoms with Gasteiger partial charge in [-0.2, -0.15) is 0 Å². The molecule has 1 aliphatic rings. The zero-order valence-corrected chi connectivity index (χ0v) is 16.2. The highest BCUT2D eigenvalue weighted by atomic mass is 16.5. The predicted octanol–water partition coefficient (Wildman–Crippen LogP) is 4.44. The van der Waals surface area contributed by atoms with Crippen LogP contribution in [0.4, 0.5) is 0 Å². The van der Waals surface area contributed by atoms with Crippen molar-refractivity contribution < 1.29 is 18.6 Å². The molecule has 0 aliphatic carbocycles. The number of aromatic nitrogens is 2. The smallest absolute Gasteiger partial charge is 0.293 e. The van der Waals surface area contributed by atoms with Crippen LogP contribution in [0.15, 0.2) is 45.4 Å². The fraction of sp³-hybridized carbons (Fsp3) is 0.381. The first-order valence-corrected chi connectivity index (χ1v) is 9.45. The number of ether oxygens (including phenoxy) is 1. The summed E-state index contributed by atoms with van der Waals surface area (Å²) >= 11 is 0. The highest BCUT2D eigenvalue weighted by Crippen LogP contribution is 2.35. The highest BCUT2D eigenvalue weighted by molar-refractivity contribution is 5.93. The molecule has 7 nitrogen and oxygen atoms in total. The number of likely N-dealkylation sites (tertiary alicyclic amines) is 1. The molecule has 7 heteroatoms. The number of nitrogens with zero attached hydrogens (tertiary/aromatic N) is 3. The van der Waals surface area contributed by atoms with Crippen molar-refractivity contribution in [1.82, 2.24) is 15.2 Å². The van der Waals surface area contributed by atoms with Crippen LogP contribution < -0.4 is 4.74 Å². The maximum absolute atomic E-state index is 13.0. The van der Waals surface area contributed by atoms with Crippen LogP contribution in [0.1, 0.15) is 60.7 Å². The average molecular weight is 381 g/mol.